The zero-order valence-corrected chi connectivity index (χ0v) is 14.7. The smallest absolute Gasteiger partial charge is 0.151 e. The second-order valence-electron chi connectivity index (χ2n) is 4.24. The van der Waals surface area contributed by atoms with Gasteiger partial charge in [0.05, 0.1) is 10.1 Å². The highest BCUT2D eigenvalue weighted by molar-refractivity contribution is 9.10. The molecule has 1 aromatic heterocycles. The molecular formula is C12H12Br2O2S2. The molecule has 2 rings (SSSR count). The van der Waals surface area contributed by atoms with Crippen LogP contribution in [-0.4, -0.2) is 19.9 Å². The minimum atomic E-state index is -3.06. The zero-order chi connectivity index (χ0) is 13.5. The maximum atomic E-state index is 11.6. The van der Waals surface area contributed by atoms with Crippen LogP contribution in [0.4, 0.5) is 0 Å². The van der Waals surface area contributed by atoms with E-state index in [0.717, 1.165) is 20.1 Å². The van der Waals surface area contributed by atoms with E-state index in [2.05, 4.69) is 31.9 Å². The molecule has 2 aromatic rings. The summed E-state index contributed by atoms with van der Waals surface area (Å²) in [5.74, 6) is 0. The quantitative estimate of drug-likeness (QED) is 0.695. The fraction of sp³-hybridized carbons (Fsp3) is 0.333. The van der Waals surface area contributed by atoms with Crippen molar-refractivity contribution < 1.29 is 8.42 Å². The molecule has 0 amide bonds. The third-order valence-electron chi connectivity index (χ3n) is 2.97. The first-order chi connectivity index (χ1) is 8.32. The van der Waals surface area contributed by atoms with Crippen molar-refractivity contribution in [2.75, 3.05) is 6.26 Å². The lowest BCUT2D eigenvalue weighted by molar-refractivity contribution is 0.588. The summed E-state index contributed by atoms with van der Waals surface area (Å²) < 4.78 is 25.5. The van der Waals surface area contributed by atoms with E-state index in [-0.39, 0.29) is 4.83 Å². The Morgan fingerprint density at radius 2 is 2.00 bits per heavy atom. The maximum absolute atomic E-state index is 11.6. The van der Waals surface area contributed by atoms with Gasteiger partial charge in [0.2, 0.25) is 0 Å². The molecule has 0 fully saturated rings. The van der Waals surface area contributed by atoms with E-state index in [1.807, 2.05) is 23.6 Å². The van der Waals surface area contributed by atoms with E-state index >= 15 is 0 Å². The predicted octanol–water partition coefficient (Wildman–Crippen LogP) is 4.53. The van der Waals surface area contributed by atoms with Gasteiger partial charge in [0.15, 0.2) is 9.84 Å². The van der Waals surface area contributed by atoms with Crippen molar-refractivity contribution in [1.82, 2.24) is 0 Å². The molecule has 1 aromatic carbocycles. The molecule has 6 heteroatoms. The number of rotatable bonds is 3. The van der Waals surface area contributed by atoms with E-state index in [4.69, 9.17) is 0 Å². The second-order valence-corrected chi connectivity index (χ2v) is 9.37. The molecule has 98 valence electrons. The fourth-order valence-electron chi connectivity index (χ4n) is 1.73. The molecule has 2 unspecified atom stereocenters. The van der Waals surface area contributed by atoms with Gasteiger partial charge in [-0.15, -0.1) is 11.3 Å². The summed E-state index contributed by atoms with van der Waals surface area (Å²) in [6.07, 6.45) is 1.27. The first-order valence-corrected chi connectivity index (χ1v) is 9.85. The highest BCUT2D eigenvalue weighted by Crippen LogP contribution is 2.40. The van der Waals surface area contributed by atoms with Crippen molar-refractivity contribution in [3.05, 3.63) is 33.6 Å². The van der Waals surface area contributed by atoms with Crippen LogP contribution in [0.5, 0.6) is 0 Å². The molecule has 0 radical (unpaired) electrons. The number of hydrogen-bond acceptors (Lipinski definition) is 3. The minimum Gasteiger partial charge on any atom is -0.229 e. The van der Waals surface area contributed by atoms with Gasteiger partial charge in [-0.3, -0.25) is 0 Å². The standard InChI is InChI=1S/C12H12Br2O2S2/c1-7(18(2,15)16)11(14)9-6-17-12-8(9)4-3-5-10(12)13/h3-7,11H,1-2H3. The van der Waals surface area contributed by atoms with E-state index in [9.17, 15) is 8.42 Å². The van der Waals surface area contributed by atoms with Crippen LogP contribution in [0.15, 0.2) is 28.1 Å². The summed E-state index contributed by atoms with van der Waals surface area (Å²) >= 11 is 8.66. The lowest BCUT2D eigenvalue weighted by Gasteiger charge is -2.16. The summed E-state index contributed by atoms with van der Waals surface area (Å²) in [5.41, 5.74) is 1.04. The van der Waals surface area contributed by atoms with E-state index < -0.39 is 15.1 Å². The van der Waals surface area contributed by atoms with Crippen LogP contribution in [0.25, 0.3) is 10.1 Å². The SMILES string of the molecule is CC(C(Br)c1csc2c(Br)cccc12)S(C)(=O)=O. The van der Waals surface area contributed by atoms with Gasteiger partial charge in [-0.1, -0.05) is 28.1 Å². The number of thiophene rings is 1. The molecule has 2 atom stereocenters. The topological polar surface area (TPSA) is 34.1 Å². The molecule has 0 bridgehead atoms. The normalized spacial score (nSPS) is 15.8. The molecule has 0 N–H and O–H groups in total. The maximum Gasteiger partial charge on any atom is 0.151 e. The number of alkyl halides is 1. The Bertz CT molecular complexity index is 676. The highest BCUT2D eigenvalue weighted by atomic mass is 79.9. The van der Waals surface area contributed by atoms with E-state index in [1.54, 1.807) is 18.3 Å². The first-order valence-electron chi connectivity index (χ1n) is 5.31. The molecule has 0 spiro atoms. The van der Waals surface area contributed by atoms with Crippen molar-refractivity contribution in [2.24, 2.45) is 0 Å². The Balaban J connectivity index is 2.53. The molecule has 1 heterocycles. The van der Waals surface area contributed by atoms with Crippen LogP contribution < -0.4 is 0 Å². The molecule has 0 aliphatic rings. The van der Waals surface area contributed by atoms with Gasteiger partial charge in [0.25, 0.3) is 0 Å². The summed E-state index contributed by atoms with van der Waals surface area (Å²) in [6.45, 7) is 1.73. The number of halogens is 2. The van der Waals surface area contributed by atoms with Crippen LogP contribution >= 0.6 is 43.2 Å². The Hall–Kier alpha value is 0.0900. The summed E-state index contributed by atoms with van der Waals surface area (Å²) in [4.78, 5) is -0.185. The van der Waals surface area contributed by atoms with Crippen molar-refractivity contribution >= 4 is 63.1 Å². The monoisotopic (exact) mass is 410 g/mol. The number of sulfone groups is 1. The largest absolute Gasteiger partial charge is 0.229 e. The van der Waals surface area contributed by atoms with E-state index in [1.165, 1.54) is 6.26 Å². The molecular weight excluding hydrogens is 400 g/mol. The Morgan fingerprint density at radius 3 is 2.61 bits per heavy atom. The second kappa shape index (κ2) is 5.23. The van der Waals surface area contributed by atoms with Gasteiger partial charge in [-0.25, -0.2) is 8.42 Å². The summed E-state index contributed by atoms with van der Waals surface area (Å²) in [7, 11) is -3.06. The van der Waals surface area contributed by atoms with Crippen LogP contribution in [-0.2, 0) is 9.84 Å². The zero-order valence-electron chi connectivity index (χ0n) is 9.85. The number of benzene rings is 1. The van der Waals surface area contributed by atoms with Gasteiger partial charge in [-0.2, -0.15) is 0 Å². The van der Waals surface area contributed by atoms with Crippen molar-refractivity contribution in [3.63, 3.8) is 0 Å². The molecule has 0 saturated carbocycles. The number of hydrogen-bond donors (Lipinski definition) is 0. The van der Waals surface area contributed by atoms with Crippen molar-refractivity contribution in [1.29, 1.82) is 0 Å². The lowest BCUT2D eigenvalue weighted by Crippen LogP contribution is -2.20. The van der Waals surface area contributed by atoms with Crippen LogP contribution in [0.3, 0.4) is 0 Å². The first kappa shape index (κ1) is 14.5. The van der Waals surface area contributed by atoms with Gasteiger partial charge in [0, 0.05) is 15.4 Å². The fourth-order valence-corrected chi connectivity index (χ4v) is 5.69. The van der Waals surface area contributed by atoms with Crippen LogP contribution in [0.1, 0.15) is 17.3 Å². The minimum absolute atomic E-state index is 0.185. The van der Waals surface area contributed by atoms with Crippen LogP contribution in [0.2, 0.25) is 0 Å². The number of fused-ring (bicyclic) bond motifs is 1. The third-order valence-corrected chi connectivity index (χ3v) is 8.20. The predicted molar refractivity (Wildman–Crippen MR) is 85.5 cm³/mol. The average molecular weight is 412 g/mol. The lowest BCUT2D eigenvalue weighted by atomic mass is 10.1. The van der Waals surface area contributed by atoms with Gasteiger partial charge >= 0.3 is 0 Å². The average Bonchev–Trinajstić information content (AvgIpc) is 2.71. The molecule has 0 aliphatic carbocycles. The Labute approximate surface area is 128 Å². The van der Waals surface area contributed by atoms with E-state index in [0.29, 0.717) is 0 Å². The summed E-state index contributed by atoms with van der Waals surface area (Å²) in [5, 5.41) is 2.68. The Morgan fingerprint density at radius 1 is 1.33 bits per heavy atom. The third kappa shape index (κ3) is 2.66. The molecule has 18 heavy (non-hydrogen) atoms. The highest BCUT2D eigenvalue weighted by Gasteiger charge is 2.27. The molecule has 0 saturated heterocycles. The summed E-state index contributed by atoms with van der Waals surface area (Å²) in [6, 6.07) is 5.98. The van der Waals surface area contributed by atoms with Gasteiger partial charge < -0.3 is 0 Å². The molecule has 2 nitrogen and oxygen atoms in total. The van der Waals surface area contributed by atoms with Crippen LogP contribution in [0, 0.1) is 0 Å². The molecule has 0 aliphatic heterocycles. The van der Waals surface area contributed by atoms with Crippen molar-refractivity contribution in [3.8, 4) is 0 Å². The van der Waals surface area contributed by atoms with Gasteiger partial charge in [-0.05, 0) is 45.2 Å². The van der Waals surface area contributed by atoms with Crippen molar-refractivity contribution in [2.45, 2.75) is 17.0 Å². The Kier molecular flexibility index (Phi) is 4.21. The van der Waals surface area contributed by atoms with Gasteiger partial charge in [0.1, 0.15) is 0 Å².